The Kier molecular flexibility index (Phi) is 14.8. The van der Waals surface area contributed by atoms with Gasteiger partial charge >= 0.3 is 11.9 Å². The molecule has 3 fully saturated rings. The van der Waals surface area contributed by atoms with Crippen molar-refractivity contribution in [3.05, 3.63) is 0 Å². The summed E-state index contributed by atoms with van der Waals surface area (Å²) in [6.45, 7) is 2.55. The van der Waals surface area contributed by atoms with Gasteiger partial charge in [0.25, 0.3) is 0 Å². The van der Waals surface area contributed by atoms with Gasteiger partial charge in [-0.15, -0.1) is 0 Å². The molecule has 15 nitrogen and oxygen atoms in total. The second kappa shape index (κ2) is 17.7. The first-order valence-corrected chi connectivity index (χ1v) is 14.7. The largest absolute Gasteiger partial charge is 0.462 e. The summed E-state index contributed by atoms with van der Waals surface area (Å²) in [4.78, 5) is 35.0. The zero-order chi connectivity index (χ0) is 30.6. The molecular weight excluding hydrogens is 564 g/mol. The van der Waals surface area contributed by atoms with E-state index in [1.54, 1.807) is 0 Å². The molecule has 244 valence electrons. The molecule has 3 rings (SSSR count). The van der Waals surface area contributed by atoms with Crippen LogP contribution in [0.5, 0.6) is 0 Å². The minimum Gasteiger partial charge on any atom is -0.462 e. The second-order valence-corrected chi connectivity index (χ2v) is 10.7. The highest BCUT2D eigenvalue weighted by Crippen LogP contribution is 2.32. The normalized spacial score (nSPS) is 35.7. The van der Waals surface area contributed by atoms with Crippen molar-refractivity contribution in [2.75, 3.05) is 26.4 Å². The Morgan fingerprint density at radius 1 is 0.810 bits per heavy atom. The average molecular weight is 611 g/mol. The summed E-state index contributed by atoms with van der Waals surface area (Å²) in [7, 11) is 0. The van der Waals surface area contributed by atoms with E-state index >= 15 is 0 Å². The molecule has 5 N–H and O–H groups in total. The number of unbranched alkanes of at least 4 members (excludes halogenated alkanes) is 4. The molecule has 0 bridgehead atoms. The van der Waals surface area contributed by atoms with E-state index in [1.165, 1.54) is 0 Å². The fraction of sp³-hybridized carbons (Fsp3) is 0.926. The maximum absolute atomic E-state index is 12.3. The minimum atomic E-state index is -1.64. The predicted octanol–water partition coefficient (Wildman–Crippen LogP) is -0.780. The van der Waals surface area contributed by atoms with Gasteiger partial charge in [0.15, 0.2) is 24.8 Å². The lowest BCUT2D eigenvalue weighted by molar-refractivity contribution is -0.466. The van der Waals surface area contributed by atoms with Gasteiger partial charge in [0.05, 0.1) is 19.8 Å². The number of esters is 2. The van der Waals surface area contributed by atoms with Crippen LogP contribution in [0.4, 0.5) is 0 Å². The zero-order valence-corrected chi connectivity index (χ0v) is 24.2. The van der Waals surface area contributed by atoms with E-state index in [9.17, 15) is 35.1 Å². The molecule has 42 heavy (non-hydrogen) atoms. The predicted molar refractivity (Wildman–Crippen MR) is 139 cm³/mol. The molecule has 3 heterocycles. The van der Waals surface area contributed by atoms with E-state index in [0.29, 0.717) is 12.8 Å². The first-order valence-electron chi connectivity index (χ1n) is 14.7. The maximum atomic E-state index is 12.3. The molecular formula is C27H46O15. The van der Waals surface area contributed by atoms with Gasteiger partial charge in [0, 0.05) is 12.8 Å². The third-order valence-electron chi connectivity index (χ3n) is 7.31. The Hall–Kier alpha value is -1.50. The summed E-state index contributed by atoms with van der Waals surface area (Å²) in [5, 5.41) is 51.3. The number of fused-ring (bicyclic) bond motifs is 2. The molecule has 15 heteroatoms. The Bertz CT molecular complexity index is 814. The van der Waals surface area contributed by atoms with Crippen LogP contribution in [0.3, 0.4) is 0 Å². The van der Waals surface area contributed by atoms with Crippen LogP contribution < -0.4 is 0 Å². The van der Waals surface area contributed by atoms with Crippen molar-refractivity contribution in [1.29, 1.82) is 0 Å². The second-order valence-electron chi connectivity index (χ2n) is 10.7. The van der Waals surface area contributed by atoms with Crippen LogP contribution in [-0.2, 0) is 47.8 Å². The summed E-state index contributed by atoms with van der Waals surface area (Å²) >= 11 is 0. The zero-order valence-electron chi connectivity index (χ0n) is 24.2. The Balaban J connectivity index is 1.58. The van der Waals surface area contributed by atoms with Gasteiger partial charge < -0.3 is 54.0 Å². The SMILES string of the molecule is CCCCCCC(=O)OC[C@H](CO[C@@H]1O[C@@H]2CO[C@H]3O[C@H](CO)[C@H](O)[C@H](O)[C@H]3OO[C@@H]2[C@H](O)[C@H]1O)OC(=O)CCCC. The van der Waals surface area contributed by atoms with E-state index in [1.807, 2.05) is 6.92 Å². The third-order valence-corrected chi connectivity index (χ3v) is 7.31. The van der Waals surface area contributed by atoms with Gasteiger partial charge in [-0.2, -0.15) is 0 Å². The van der Waals surface area contributed by atoms with Crippen molar-refractivity contribution >= 4 is 11.9 Å². The molecule has 0 aromatic rings. The molecule has 0 aromatic heterocycles. The summed E-state index contributed by atoms with van der Waals surface area (Å²) in [5.74, 6) is -0.926. The van der Waals surface area contributed by atoms with Gasteiger partial charge in [-0.05, 0) is 12.8 Å². The fourth-order valence-corrected chi connectivity index (χ4v) is 4.75. The Morgan fingerprint density at radius 2 is 1.50 bits per heavy atom. The maximum Gasteiger partial charge on any atom is 0.306 e. The van der Waals surface area contributed by atoms with Crippen LogP contribution in [0.1, 0.15) is 65.2 Å². The summed E-state index contributed by atoms with van der Waals surface area (Å²) in [5.41, 5.74) is 0. The summed E-state index contributed by atoms with van der Waals surface area (Å²) in [6.07, 6.45) is -9.28. The highest BCUT2D eigenvalue weighted by molar-refractivity contribution is 5.70. The minimum absolute atomic E-state index is 0.171. The van der Waals surface area contributed by atoms with Crippen molar-refractivity contribution in [2.24, 2.45) is 0 Å². The van der Waals surface area contributed by atoms with Crippen LogP contribution >= 0.6 is 0 Å². The number of carbonyl (C=O) groups excluding carboxylic acids is 2. The highest BCUT2D eigenvalue weighted by Gasteiger charge is 2.52. The van der Waals surface area contributed by atoms with Gasteiger partial charge in [-0.25, -0.2) is 9.78 Å². The van der Waals surface area contributed by atoms with E-state index in [2.05, 4.69) is 6.92 Å². The van der Waals surface area contributed by atoms with Crippen LogP contribution in [0.15, 0.2) is 0 Å². The first-order chi connectivity index (χ1) is 20.2. The molecule has 3 aliphatic heterocycles. The molecule has 0 saturated carbocycles. The molecule has 11 atom stereocenters. The van der Waals surface area contributed by atoms with E-state index in [4.69, 9.17) is 38.2 Å². The number of aliphatic hydroxyl groups is 5. The van der Waals surface area contributed by atoms with E-state index in [0.717, 1.165) is 25.7 Å². The van der Waals surface area contributed by atoms with Crippen molar-refractivity contribution in [3.8, 4) is 0 Å². The monoisotopic (exact) mass is 610 g/mol. The Morgan fingerprint density at radius 3 is 2.21 bits per heavy atom. The number of aliphatic hydroxyl groups excluding tert-OH is 5. The quantitative estimate of drug-likeness (QED) is 0.0875. The molecule has 0 amide bonds. The molecule has 0 spiro atoms. The standard InChI is InChI=1S/C27H46O15/c1-3-5-7-8-10-18(29)35-12-15(38-19(30)9-6-4-2)13-36-26-23(34)22(33)24-17(40-26)14-37-27-25(42-41-24)21(32)20(31)16(11-28)39-27/h15-17,20-28,31-34H,3-14H2,1-2H3/t15-,16-,17-,20+,21+,22-,23-,24+,25-,26-,27+/m1/s1. The van der Waals surface area contributed by atoms with Crippen molar-refractivity contribution in [2.45, 2.75) is 133 Å². The van der Waals surface area contributed by atoms with Gasteiger partial charge in [0.1, 0.15) is 49.3 Å². The summed E-state index contributed by atoms with van der Waals surface area (Å²) < 4.78 is 33.3. The number of ether oxygens (including phenoxy) is 6. The average Bonchev–Trinajstić information content (AvgIpc) is 2.97. The van der Waals surface area contributed by atoms with Crippen LogP contribution in [0, 0.1) is 0 Å². The van der Waals surface area contributed by atoms with Gasteiger partial charge in [-0.3, -0.25) is 9.59 Å². The molecule has 3 saturated heterocycles. The Labute approximate surface area is 244 Å². The lowest BCUT2D eigenvalue weighted by Crippen LogP contribution is -2.65. The van der Waals surface area contributed by atoms with Gasteiger partial charge in [-0.1, -0.05) is 39.5 Å². The number of carbonyl (C=O) groups is 2. The highest BCUT2D eigenvalue weighted by atomic mass is 17.2. The van der Waals surface area contributed by atoms with Crippen LogP contribution in [0.25, 0.3) is 0 Å². The van der Waals surface area contributed by atoms with Crippen molar-refractivity contribution < 1.29 is 73.3 Å². The molecule has 0 radical (unpaired) electrons. The third kappa shape index (κ3) is 9.75. The molecule has 0 aromatic carbocycles. The topological polar surface area (TPSA) is 209 Å². The lowest BCUT2D eigenvalue weighted by atomic mass is 9.97. The molecule has 3 aliphatic rings. The molecule has 0 unspecified atom stereocenters. The fourth-order valence-electron chi connectivity index (χ4n) is 4.75. The van der Waals surface area contributed by atoms with Crippen LogP contribution in [0.2, 0.25) is 0 Å². The first kappa shape index (κ1) is 35.0. The molecule has 0 aliphatic carbocycles. The van der Waals surface area contributed by atoms with E-state index < -0.39 is 86.1 Å². The van der Waals surface area contributed by atoms with E-state index in [-0.39, 0.29) is 32.7 Å². The lowest BCUT2D eigenvalue weighted by Gasteiger charge is -2.46. The van der Waals surface area contributed by atoms with Crippen molar-refractivity contribution in [1.82, 2.24) is 0 Å². The summed E-state index contributed by atoms with van der Waals surface area (Å²) in [6, 6.07) is 0. The number of hydrogen-bond donors (Lipinski definition) is 5. The number of hydrogen-bond acceptors (Lipinski definition) is 15. The number of rotatable bonds is 15. The van der Waals surface area contributed by atoms with Crippen LogP contribution in [-0.4, -0.2) is 131 Å². The van der Waals surface area contributed by atoms with Crippen molar-refractivity contribution in [3.63, 3.8) is 0 Å². The van der Waals surface area contributed by atoms with Gasteiger partial charge in [0.2, 0.25) is 0 Å². The smallest absolute Gasteiger partial charge is 0.306 e.